The van der Waals surface area contributed by atoms with Crippen LogP contribution in [0.25, 0.3) is 0 Å². The summed E-state index contributed by atoms with van der Waals surface area (Å²) in [6.45, 7) is 8.14. The molecule has 0 fully saturated rings. The van der Waals surface area contributed by atoms with Gasteiger partial charge < -0.3 is 26.0 Å². The van der Waals surface area contributed by atoms with Crippen molar-refractivity contribution in [3.63, 3.8) is 0 Å². The topological polar surface area (TPSA) is 155 Å². The van der Waals surface area contributed by atoms with Crippen LogP contribution in [0.5, 0.6) is 0 Å². The number of nitrogens with zero attached hydrogens (tertiary/aromatic N) is 2. The fourth-order valence-electron chi connectivity index (χ4n) is 4.00. The third kappa shape index (κ3) is 8.88. The second kappa shape index (κ2) is 13.8. The van der Waals surface area contributed by atoms with Crippen molar-refractivity contribution in [2.45, 2.75) is 65.1 Å². The van der Waals surface area contributed by atoms with Crippen molar-refractivity contribution in [3.8, 4) is 18.4 Å². The maximum absolute atomic E-state index is 13.9. The number of hydrogen-bond donors (Lipinski definition) is 3. The number of alkyl carbamates (subject to hydrolysis) is 1. The first-order chi connectivity index (χ1) is 18.8. The Morgan fingerprint density at radius 1 is 1.07 bits per heavy atom. The van der Waals surface area contributed by atoms with Crippen molar-refractivity contribution in [3.05, 3.63) is 64.7 Å². The summed E-state index contributed by atoms with van der Waals surface area (Å²) in [6.07, 6.45) is 4.18. The molecule has 0 heterocycles. The first-order valence-electron chi connectivity index (χ1n) is 12.7. The second-order valence-electron chi connectivity index (χ2n) is 10.3. The van der Waals surface area contributed by atoms with E-state index in [2.05, 4.69) is 16.6 Å². The zero-order chi connectivity index (χ0) is 30.0. The number of carbonyl (C=O) groups is 4. The molecular weight excluding hydrogens is 510 g/mol. The number of anilines is 1. The highest BCUT2D eigenvalue weighted by molar-refractivity contribution is 6.00. The normalized spacial score (nSPS) is 12.2. The number of aryl methyl sites for hydroxylation is 2. The fraction of sp³-hybridized carbons (Fsp3) is 0.367. The summed E-state index contributed by atoms with van der Waals surface area (Å²) in [4.78, 5) is 52.9. The Morgan fingerprint density at radius 2 is 1.68 bits per heavy atom. The number of primary amides is 1. The summed E-state index contributed by atoms with van der Waals surface area (Å²) in [5.74, 6) is 0.461. The van der Waals surface area contributed by atoms with Crippen molar-refractivity contribution in [2.75, 3.05) is 11.9 Å². The molecule has 0 aliphatic heterocycles. The smallest absolute Gasteiger partial charge is 0.408 e. The van der Waals surface area contributed by atoms with Crippen LogP contribution in [-0.4, -0.2) is 46.9 Å². The standard InChI is InChI=1S/C30H35N5O5/c1-7-21-11-13-22(14-12-21)26(27(37)34-25-19(2)9-8-10-20(25)3)35(18-17-31)28(38)23(15-16-24(32)36)33-29(39)40-30(4,5)6/h1,8-14,23,26H,15-16,18H2,2-6H3,(H2,32,36)(H,33,39)(H,34,37). The Kier molecular flexibility index (Phi) is 10.8. The zero-order valence-electron chi connectivity index (χ0n) is 23.4. The largest absolute Gasteiger partial charge is 0.444 e. The van der Waals surface area contributed by atoms with E-state index in [1.807, 2.05) is 38.1 Å². The number of nitrogens with two attached hydrogens (primary N) is 1. The summed E-state index contributed by atoms with van der Waals surface area (Å²) in [6, 6.07) is 11.3. The molecule has 2 aromatic carbocycles. The summed E-state index contributed by atoms with van der Waals surface area (Å²) < 4.78 is 5.29. The highest BCUT2D eigenvalue weighted by atomic mass is 16.6. The van der Waals surface area contributed by atoms with E-state index in [0.29, 0.717) is 16.8 Å². The van der Waals surface area contributed by atoms with E-state index in [4.69, 9.17) is 16.9 Å². The van der Waals surface area contributed by atoms with Crippen LogP contribution in [0.3, 0.4) is 0 Å². The number of hydrogen-bond acceptors (Lipinski definition) is 6. The predicted molar refractivity (Wildman–Crippen MR) is 151 cm³/mol. The van der Waals surface area contributed by atoms with Gasteiger partial charge in [0.1, 0.15) is 24.2 Å². The van der Waals surface area contributed by atoms with Gasteiger partial charge in [0.15, 0.2) is 0 Å². The summed E-state index contributed by atoms with van der Waals surface area (Å²) in [7, 11) is 0. The molecule has 40 heavy (non-hydrogen) atoms. The highest BCUT2D eigenvalue weighted by Gasteiger charge is 2.36. The van der Waals surface area contributed by atoms with Crippen molar-refractivity contribution >= 4 is 29.5 Å². The number of amides is 4. The summed E-state index contributed by atoms with van der Waals surface area (Å²) >= 11 is 0. The fourth-order valence-corrected chi connectivity index (χ4v) is 4.00. The Morgan fingerprint density at radius 3 is 2.17 bits per heavy atom. The van der Waals surface area contributed by atoms with Crippen LogP contribution in [0.15, 0.2) is 42.5 Å². The lowest BCUT2D eigenvalue weighted by atomic mass is 9.99. The molecule has 2 unspecified atom stereocenters. The first-order valence-corrected chi connectivity index (χ1v) is 12.7. The number of nitriles is 1. The molecule has 0 radical (unpaired) electrons. The van der Waals surface area contributed by atoms with Crippen molar-refractivity contribution in [1.82, 2.24) is 10.2 Å². The Hall–Kier alpha value is -4.83. The van der Waals surface area contributed by atoms with Gasteiger partial charge >= 0.3 is 6.09 Å². The van der Waals surface area contributed by atoms with E-state index in [1.165, 1.54) is 0 Å². The minimum atomic E-state index is -1.31. The predicted octanol–water partition coefficient (Wildman–Crippen LogP) is 3.48. The SMILES string of the molecule is C#Cc1ccc(C(C(=O)Nc2c(C)cccc2C)N(CC#N)C(=O)C(CCC(N)=O)NC(=O)OC(C)(C)C)cc1. The number of benzene rings is 2. The molecule has 0 aliphatic rings. The van der Waals surface area contributed by atoms with E-state index in [0.717, 1.165) is 16.0 Å². The lowest BCUT2D eigenvalue weighted by molar-refractivity contribution is -0.140. The van der Waals surface area contributed by atoms with Crippen LogP contribution in [0.2, 0.25) is 0 Å². The van der Waals surface area contributed by atoms with E-state index in [1.54, 1.807) is 45.0 Å². The van der Waals surface area contributed by atoms with Crippen LogP contribution < -0.4 is 16.4 Å². The van der Waals surface area contributed by atoms with Crippen LogP contribution in [0.4, 0.5) is 10.5 Å². The van der Waals surface area contributed by atoms with Crippen LogP contribution in [-0.2, 0) is 19.1 Å². The minimum Gasteiger partial charge on any atom is -0.444 e. The molecule has 2 atom stereocenters. The van der Waals surface area contributed by atoms with Gasteiger partial charge in [-0.2, -0.15) is 5.26 Å². The number of terminal acetylenes is 1. The quantitative estimate of drug-likeness (QED) is 0.307. The van der Waals surface area contributed by atoms with Gasteiger partial charge in [0.25, 0.3) is 5.91 Å². The lowest BCUT2D eigenvalue weighted by Crippen LogP contribution is -2.52. The zero-order valence-corrected chi connectivity index (χ0v) is 23.4. The molecule has 4 amide bonds. The number of carbonyl (C=O) groups excluding carboxylic acids is 4. The third-order valence-electron chi connectivity index (χ3n) is 5.88. The van der Waals surface area contributed by atoms with E-state index >= 15 is 0 Å². The molecule has 0 aliphatic carbocycles. The lowest BCUT2D eigenvalue weighted by Gasteiger charge is -2.33. The summed E-state index contributed by atoms with van der Waals surface area (Å²) in [5, 5.41) is 15.0. The average Bonchev–Trinajstić information content (AvgIpc) is 2.87. The van der Waals surface area contributed by atoms with Gasteiger partial charge in [0.05, 0.1) is 6.07 Å². The van der Waals surface area contributed by atoms with Crippen molar-refractivity contribution in [2.24, 2.45) is 5.73 Å². The maximum Gasteiger partial charge on any atom is 0.408 e. The van der Waals surface area contributed by atoms with E-state index in [-0.39, 0.29) is 12.8 Å². The van der Waals surface area contributed by atoms with Crippen LogP contribution >= 0.6 is 0 Å². The number of nitrogens with one attached hydrogen (secondary N) is 2. The number of para-hydroxylation sites is 1. The Bertz CT molecular complexity index is 1310. The van der Waals surface area contributed by atoms with Crippen LogP contribution in [0, 0.1) is 37.5 Å². The maximum atomic E-state index is 13.9. The first kappa shape index (κ1) is 31.4. The molecule has 0 aromatic heterocycles. The van der Waals surface area contributed by atoms with Gasteiger partial charge in [-0.1, -0.05) is 36.3 Å². The second-order valence-corrected chi connectivity index (χ2v) is 10.3. The summed E-state index contributed by atoms with van der Waals surface area (Å²) in [5.41, 5.74) is 7.57. The molecule has 10 nitrogen and oxygen atoms in total. The minimum absolute atomic E-state index is 0.170. The molecule has 4 N–H and O–H groups in total. The van der Waals surface area contributed by atoms with Gasteiger partial charge in [-0.05, 0) is 69.9 Å². The molecule has 0 saturated heterocycles. The van der Waals surface area contributed by atoms with Gasteiger partial charge in [0.2, 0.25) is 11.8 Å². The molecule has 0 bridgehead atoms. The Labute approximate surface area is 234 Å². The monoisotopic (exact) mass is 545 g/mol. The Balaban J connectivity index is 2.57. The third-order valence-corrected chi connectivity index (χ3v) is 5.88. The van der Waals surface area contributed by atoms with Crippen LogP contribution in [0.1, 0.15) is 61.9 Å². The number of ether oxygens (including phenoxy) is 1. The molecule has 0 spiro atoms. The molecule has 2 aromatic rings. The van der Waals surface area contributed by atoms with Gasteiger partial charge in [-0.15, -0.1) is 6.42 Å². The van der Waals surface area contributed by atoms with Crippen molar-refractivity contribution in [1.29, 1.82) is 5.26 Å². The number of rotatable bonds is 10. The molecule has 10 heteroatoms. The average molecular weight is 546 g/mol. The van der Waals surface area contributed by atoms with Gasteiger partial charge in [-0.25, -0.2) is 4.79 Å². The van der Waals surface area contributed by atoms with E-state index in [9.17, 15) is 24.4 Å². The van der Waals surface area contributed by atoms with Gasteiger partial charge in [0, 0.05) is 17.7 Å². The highest BCUT2D eigenvalue weighted by Crippen LogP contribution is 2.27. The molecule has 210 valence electrons. The molecule has 2 rings (SSSR count). The molecule has 0 saturated carbocycles. The van der Waals surface area contributed by atoms with Gasteiger partial charge in [-0.3, -0.25) is 14.4 Å². The van der Waals surface area contributed by atoms with Crippen molar-refractivity contribution < 1.29 is 23.9 Å². The van der Waals surface area contributed by atoms with E-state index < -0.39 is 48.0 Å². The molecular formula is C30H35N5O5.